The first-order valence-electron chi connectivity index (χ1n) is 8.64. The third-order valence-corrected chi connectivity index (χ3v) is 4.10. The summed E-state index contributed by atoms with van der Waals surface area (Å²) in [6.45, 7) is 4.32. The molecule has 2 aromatic rings. The van der Waals surface area contributed by atoms with E-state index in [0.29, 0.717) is 31.9 Å². The Morgan fingerprint density at radius 2 is 2.07 bits per heavy atom. The van der Waals surface area contributed by atoms with Crippen molar-refractivity contribution in [3.05, 3.63) is 35.9 Å². The van der Waals surface area contributed by atoms with Gasteiger partial charge in [0.15, 0.2) is 11.6 Å². The maximum Gasteiger partial charge on any atom is 0.356 e. The van der Waals surface area contributed by atoms with Gasteiger partial charge in [-0.1, -0.05) is 0 Å². The number of nitrogens with one attached hydrogen (secondary N) is 2. The Morgan fingerprint density at radius 3 is 2.74 bits per heavy atom. The molecule has 2 aromatic heterocycles. The number of amides is 2. The van der Waals surface area contributed by atoms with Gasteiger partial charge in [0.1, 0.15) is 5.69 Å². The molecule has 2 amide bonds. The van der Waals surface area contributed by atoms with Crippen LogP contribution >= 0.6 is 0 Å². The number of esters is 1. The van der Waals surface area contributed by atoms with E-state index in [2.05, 4.69) is 15.5 Å². The van der Waals surface area contributed by atoms with E-state index in [9.17, 15) is 14.4 Å². The van der Waals surface area contributed by atoms with E-state index in [1.54, 1.807) is 24.0 Å². The van der Waals surface area contributed by atoms with Crippen molar-refractivity contribution in [2.75, 3.05) is 44.6 Å². The maximum absolute atomic E-state index is 12.2. The minimum Gasteiger partial charge on any atom is -0.461 e. The number of ether oxygens (including phenoxy) is 1. The third kappa shape index (κ3) is 4.73. The van der Waals surface area contributed by atoms with Crippen molar-refractivity contribution in [2.45, 2.75) is 6.92 Å². The number of carbonyl (C=O) groups is 3. The van der Waals surface area contributed by atoms with Gasteiger partial charge in [0, 0.05) is 32.2 Å². The molecule has 27 heavy (non-hydrogen) atoms. The lowest BCUT2D eigenvalue weighted by Gasteiger charge is -2.33. The predicted molar refractivity (Wildman–Crippen MR) is 94.2 cm³/mol. The molecule has 0 unspecified atom stereocenters. The van der Waals surface area contributed by atoms with E-state index in [-0.39, 0.29) is 36.5 Å². The second-order valence-corrected chi connectivity index (χ2v) is 5.98. The molecule has 0 spiro atoms. The Morgan fingerprint density at radius 1 is 1.30 bits per heavy atom. The van der Waals surface area contributed by atoms with Gasteiger partial charge in [0.2, 0.25) is 5.91 Å². The van der Waals surface area contributed by atoms with Gasteiger partial charge in [-0.25, -0.2) is 4.79 Å². The van der Waals surface area contributed by atoms with Crippen LogP contribution in [0.25, 0.3) is 0 Å². The van der Waals surface area contributed by atoms with E-state index in [4.69, 9.17) is 9.15 Å². The lowest BCUT2D eigenvalue weighted by molar-refractivity contribution is -0.117. The number of anilines is 1. The summed E-state index contributed by atoms with van der Waals surface area (Å²) in [6, 6.07) is 4.74. The van der Waals surface area contributed by atoms with Crippen LogP contribution in [0.4, 0.5) is 5.82 Å². The molecule has 0 atom stereocenters. The summed E-state index contributed by atoms with van der Waals surface area (Å²) in [6.07, 6.45) is 1.47. The van der Waals surface area contributed by atoms with Gasteiger partial charge in [-0.15, -0.1) is 0 Å². The molecule has 3 rings (SSSR count). The van der Waals surface area contributed by atoms with Crippen LogP contribution in [0.1, 0.15) is 28.0 Å². The normalized spacial score (nSPS) is 14.8. The second kappa shape index (κ2) is 8.49. The zero-order valence-electron chi connectivity index (χ0n) is 14.9. The van der Waals surface area contributed by atoms with Crippen LogP contribution in [0.2, 0.25) is 0 Å². The van der Waals surface area contributed by atoms with Crippen LogP contribution in [-0.2, 0) is 9.53 Å². The van der Waals surface area contributed by atoms with Gasteiger partial charge < -0.3 is 19.4 Å². The van der Waals surface area contributed by atoms with Crippen LogP contribution in [0.3, 0.4) is 0 Å². The molecule has 10 nitrogen and oxygen atoms in total. The lowest BCUT2D eigenvalue weighted by atomic mass is 10.3. The van der Waals surface area contributed by atoms with Crippen LogP contribution in [0, 0.1) is 0 Å². The molecule has 2 N–H and O–H groups in total. The molecular formula is C17H21N5O5. The first-order chi connectivity index (χ1) is 13.1. The number of aromatic nitrogens is 2. The van der Waals surface area contributed by atoms with Gasteiger partial charge in [-0.2, -0.15) is 5.10 Å². The highest BCUT2D eigenvalue weighted by molar-refractivity contribution is 5.94. The van der Waals surface area contributed by atoms with E-state index in [1.807, 2.05) is 4.90 Å². The Labute approximate surface area is 155 Å². The summed E-state index contributed by atoms with van der Waals surface area (Å²) in [7, 11) is 0. The zero-order chi connectivity index (χ0) is 19.2. The number of nitrogens with zero attached hydrogens (tertiary/aromatic N) is 3. The Hall–Kier alpha value is -3.14. The van der Waals surface area contributed by atoms with E-state index >= 15 is 0 Å². The molecule has 1 saturated heterocycles. The van der Waals surface area contributed by atoms with Crippen molar-refractivity contribution in [1.29, 1.82) is 0 Å². The highest BCUT2D eigenvalue weighted by Crippen LogP contribution is 2.10. The molecule has 0 aromatic carbocycles. The monoisotopic (exact) mass is 375 g/mol. The van der Waals surface area contributed by atoms with Crippen molar-refractivity contribution in [3.63, 3.8) is 0 Å². The number of furan rings is 1. The average molecular weight is 375 g/mol. The standard InChI is InChI=1S/C17H21N5O5/c1-2-26-17(25)12-10-14(20-19-12)18-15(23)11-21-5-7-22(8-6-21)16(24)13-4-3-9-27-13/h3-4,9-10H,2,5-8,11H2,1H3,(H2,18,19,20,23). The Kier molecular flexibility index (Phi) is 5.87. The van der Waals surface area contributed by atoms with Crippen LogP contribution in [0.15, 0.2) is 28.9 Å². The van der Waals surface area contributed by atoms with Gasteiger partial charge >= 0.3 is 5.97 Å². The van der Waals surface area contributed by atoms with E-state index in [1.165, 1.54) is 12.3 Å². The van der Waals surface area contributed by atoms with Crippen molar-refractivity contribution in [1.82, 2.24) is 20.0 Å². The minimum atomic E-state index is -0.525. The molecule has 1 aliphatic heterocycles. The molecule has 144 valence electrons. The topological polar surface area (TPSA) is 121 Å². The first kappa shape index (κ1) is 18.6. The van der Waals surface area contributed by atoms with Crippen LogP contribution in [-0.4, -0.2) is 77.1 Å². The fraction of sp³-hybridized carbons (Fsp3) is 0.412. The molecule has 0 saturated carbocycles. The molecule has 0 aliphatic carbocycles. The molecule has 1 fully saturated rings. The Balaban J connectivity index is 1.44. The Bertz CT molecular complexity index is 793. The SMILES string of the molecule is CCOC(=O)c1cc(NC(=O)CN2CCN(C(=O)c3ccco3)CC2)n[nH]1. The number of aromatic amines is 1. The summed E-state index contributed by atoms with van der Waals surface area (Å²) in [4.78, 5) is 39.6. The average Bonchev–Trinajstić information content (AvgIpc) is 3.34. The summed E-state index contributed by atoms with van der Waals surface area (Å²) in [5.74, 6) is -0.343. The molecule has 0 bridgehead atoms. The predicted octanol–water partition coefficient (Wildman–Crippen LogP) is 0.576. The summed E-state index contributed by atoms with van der Waals surface area (Å²) >= 11 is 0. The zero-order valence-corrected chi connectivity index (χ0v) is 14.9. The number of H-pyrrole nitrogens is 1. The van der Waals surface area contributed by atoms with E-state index in [0.717, 1.165) is 0 Å². The summed E-state index contributed by atoms with van der Waals surface area (Å²) in [5.41, 5.74) is 0.178. The van der Waals surface area contributed by atoms with Gasteiger partial charge in [-0.3, -0.25) is 19.6 Å². The quantitative estimate of drug-likeness (QED) is 0.708. The van der Waals surface area contributed by atoms with Crippen molar-refractivity contribution < 1.29 is 23.5 Å². The highest BCUT2D eigenvalue weighted by Gasteiger charge is 2.24. The van der Waals surface area contributed by atoms with Crippen LogP contribution < -0.4 is 5.32 Å². The molecule has 3 heterocycles. The van der Waals surface area contributed by atoms with Crippen molar-refractivity contribution in [2.24, 2.45) is 0 Å². The van der Waals surface area contributed by atoms with Gasteiger partial charge in [0.05, 0.1) is 19.4 Å². The smallest absolute Gasteiger partial charge is 0.356 e. The molecule has 0 radical (unpaired) electrons. The van der Waals surface area contributed by atoms with Crippen molar-refractivity contribution in [3.8, 4) is 0 Å². The lowest BCUT2D eigenvalue weighted by Crippen LogP contribution is -2.50. The number of hydrogen-bond acceptors (Lipinski definition) is 7. The fourth-order valence-corrected chi connectivity index (χ4v) is 2.75. The second-order valence-electron chi connectivity index (χ2n) is 5.98. The summed E-state index contributed by atoms with van der Waals surface area (Å²) < 4.78 is 9.98. The van der Waals surface area contributed by atoms with Crippen LogP contribution in [0.5, 0.6) is 0 Å². The maximum atomic E-state index is 12.2. The molecule has 10 heteroatoms. The summed E-state index contributed by atoms with van der Waals surface area (Å²) in [5, 5.41) is 9.04. The fourth-order valence-electron chi connectivity index (χ4n) is 2.75. The largest absolute Gasteiger partial charge is 0.461 e. The number of rotatable bonds is 6. The highest BCUT2D eigenvalue weighted by atomic mass is 16.5. The number of hydrogen-bond donors (Lipinski definition) is 2. The minimum absolute atomic E-state index is 0.146. The van der Waals surface area contributed by atoms with Gasteiger partial charge in [-0.05, 0) is 19.1 Å². The van der Waals surface area contributed by atoms with Gasteiger partial charge in [0.25, 0.3) is 5.91 Å². The number of piperazine rings is 1. The van der Waals surface area contributed by atoms with E-state index < -0.39 is 5.97 Å². The molecule has 1 aliphatic rings. The van der Waals surface area contributed by atoms with Crippen molar-refractivity contribution >= 4 is 23.6 Å². The molecular weight excluding hydrogens is 354 g/mol. The third-order valence-electron chi connectivity index (χ3n) is 4.10. The number of carbonyl (C=O) groups excluding carboxylic acids is 3. The first-order valence-corrected chi connectivity index (χ1v) is 8.64.